The summed E-state index contributed by atoms with van der Waals surface area (Å²) in [6, 6.07) is 19.1. The molecule has 3 rings (SSSR count). The van der Waals surface area contributed by atoms with Crippen LogP contribution in [0.4, 0.5) is 11.5 Å². The Morgan fingerprint density at radius 2 is 1.80 bits per heavy atom. The first-order chi connectivity index (χ1) is 14.4. The average Bonchev–Trinajstić information content (AvgIpc) is 2.73. The molecular formula is C23H25Cl2N3O2. The summed E-state index contributed by atoms with van der Waals surface area (Å²) in [7, 11) is 4.02. The Hall–Kier alpha value is -2.47. The summed E-state index contributed by atoms with van der Waals surface area (Å²) in [6.45, 7) is 1.07. The van der Waals surface area contributed by atoms with Crippen LogP contribution in [0, 0.1) is 0 Å². The fourth-order valence-electron chi connectivity index (χ4n) is 2.99. The van der Waals surface area contributed by atoms with E-state index >= 15 is 0 Å². The Kier molecular flexibility index (Phi) is 7.80. The van der Waals surface area contributed by atoms with Crippen LogP contribution in [0.2, 0.25) is 10.0 Å². The molecule has 0 aliphatic carbocycles. The quantitative estimate of drug-likeness (QED) is 0.507. The number of hydrogen-bond donors (Lipinski definition) is 1. The van der Waals surface area contributed by atoms with E-state index in [1.165, 1.54) is 0 Å². The lowest BCUT2D eigenvalue weighted by Crippen LogP contribution is -2.35. The molecule has 2 aromatic carbocycles. The molecule has 0 radical (unpaired) electrons. The molecule has 3 aromatic rings. The Bertz CT molecular complexity index is 937. The summed E-state index contributed by atoms with van der Waals surface area (Å²) in [5.41, 5.74) is 2.26. The van der Waals surface area contributed by atoms with Crippen molar-refractivity contribution in [3.8, 4) is 5.75 Å². The molecule has 5 nitrogen and oxygen atoms in total. The Labute approximate surface area is 187 Å². The van der Waals surface area contributed by atoms with E-state index in [2.05, 4.69) is 34.1 Å². The number of ether oxygens (including phenoxy) is 1. The van der Waals surface area contributed by atoms with Gasteiger partial charge in [-0.1, -0.05) is 41.4 Å². The van der Waals surface area contributed by atoms with E-state index in [-0.39, 0.29) is 6.61 Å². The van der Waals surface area contributed by atoms with E-state index in [1.807, 2.05) is 37.2 Å². The molecule has 1 atom stereocenters. The predicted octanol–water partition coefficient (Wildman–Crippen LogP) is 4.90. The van der Waals surface area contributed by atoms with Crippen LogP contribution >= 0.6 is 23.2 Å². The van der Waals surface area contributed by atoms with E-state index in [0.717, 1.165) is 17.1 Å². The highest BCUT2D eigenvalue weighted by Crippen LogP contribution is 2.27. The maximum atomic E-state index is 10.6. The zero-order valence-electron chi connectivity index (χ0n) is 17.0. The molecule has 1 aromatic heterocycles. The number of halogens is 2. The minimum atomic E-state index is -0.736. The van der Waals surface area contributed by atoms with Crippen LogP contribution in [0.1, 0.15) is 5.56 Å². The van der Waals surface area contributed by atoms with E-state index in [9.17, 15) is 5.11 Å². The second kappa shape index (κ2) is 10.5. The molecule has 1 heterocycles. The lowest BCUT2D eigenvalue weighted by Gasteiger charge is -2.27. The molecule has 0 aliphatic heterocycles. The molecule has 1 unspecified atom stereocenters. The van der Waals surface area contributed by atoms with Crippen LogP contribution in [0.5, 0.6) is 5.75 Å². The molecule has 7 heteroatoms. The number of aliphatic hydroxyl groups is 1. The first-order valence-corrected chi connectivity index (χ1v) is 10.4. The van der Waals surface area contributed by atoms with Crippen LogP contribution in [-0.2, 0) is 6.54 Å². The fourth-order valence-corrected chi connectivity index (χ4v) is 3.45. The third-order valence-corrected chi connectivity index (χ3v) is 5.09. The van der Waals surface area contributed by atoms with Crippen molar-refractivity contribution in [1.82, 2.24) is 4.98 Å². The smallest absolute Gasteiger partial charge is 0.138 e. The highest BCUT2D eigenvalue weighted by atomic mass is 35.5. The second-order valence-electron chi connectivity index (χ2n) is 7.17. The standard InChI is InChI=1S/C23H25Cl2N3O2/c1-27(2)19-9-6-17(7-10-19)14-28(23-5-3-4-12-26-23)15-20(29)16-30-22-11-8-18(24)13-21(22)25/h3-13,20,29H,14-16H2,1-2H3. The zero-order valence-corrected chi connectivity index (χ0v) is 18.5. The Morgan fingerprint density at radius 1 is 1.03 bits per heavy atom. The maximum Gasteiger partial charge on any atom is 0.138 e. The Morgan fingerprint density at radius 3 is 2.43 bits per heavy atom. The average molecular weight is 446 g/mol. The van der Waals surface area contributed by atoms with Gasteiger partial charge < -0.3 is 19.6 Å². The van der Waals surface area contributed by atoms with Crippen LogP contribution in [0.15, 0.2) is 66.9 Å². The molecule has 0 bridgehead atoms. The monoisotopic (exact) mass is 445 g/mol. The third-order valence-electron chi connectivity index (χ3n) is 4.56. The third kappa shape index (κ3) is 6.26. The molecule has 0 spiro atoms. The molecule has 0 saturated carbocycles. The lowest BCUT2D eigenvalue weighted by atomic mass is 10.1. The van der Waals surface area contributed by atoms with Crippen molar-refractivity contribution >= 4 is 34.7 Å². The van der Waals surface area contributed by atoms with Crippen molar-refractivity contribution in [3.05, 3.63) is 82.5 Å². The van der Waals surface area contributed by atoms with Gasteiger partial charge in [-0.3, -0.25) is 0 Å². The Balaban J connectivity index is 1.67. The van der Waals surface area contributed by atoms with Gasteiger partial charge in [-0.05, 0) is 48.0 Å². The van der Waals surface area contributed by atoms with Gasteiger partial charge >= 0.3 is 0 Å². The maximum absolute atomic E-state index is 10.6. The van der Waals surface area contributed by atoms with Gasteiger partial charge in [0.25, 0.3) is 0 Å². The number of anilines is 2. The topological polar surface area (TPSA) is 48.8 Å². The summed E-state index contributed by atoms with van der Waals surface area (Å²) in [5.74, 6) is 1.28. The van der Waals surface area contributed by atoms with Gasteiger partial charge in [0.2, 0.25) is 0 Å². The van der Waals surface area contributed by atoms with Gasteiger partial charge in [0, 0.05) is 44.1 Å². The van der Waals surface area contributed by atoms with Crippen molar-refractivity contribution in [2.45, 2.75) is 12.6 Å². The summed E-state index contributed by atoms with van der Waals surface area (Å²) in [4.78, 5) is 8.53. The minimum absolute atomic E-state index is 0.101. The number of nitrogens with zero attached hydrogens (tertiary/aromatic N) is 3. The van der Waals surface area contributed by atoms with Crippen LogP contribution in [0.25, 0.3) is 0 Å². The van der Waals surface area contributed by atoms with Crippen molar-refractivity contribution < 1.29 is 9.84 Å². The summed E-state index contributed by atoms with van der Waals surface area (Å²) in [6.07, 6.45) is 1.01. The van der Waals surface area contributed by atoms with E-state index in [4.69, 9.17) is 27.9 Å². The predicted molar refractivity (Wildman–Crippen MR) is 124 cm³/mol. The second-order valence-corrected chi connectivity index (χ2v) is 8.01. The lowest BCUT2D eigenvalue weighted by molar-refractivity contribution is 0.112. The van der Waals surface area contributed by atoms with Crippen molar-refractivity contribution in [3.63, 3.8) is 0 Å². The van der Waals surface area contributed by atoms with Gasteiger partial charge in [-0.25, -0.2) is 4.98 Å². The molecule has 0 saturated heterocycles. The summed E-state index contributed by atoms with van der Waals surface area (Å²) >= 11 is 12.1. The number of hydrogen-bond acceptors (Lipinski definition) is 5. The van der Waals surface area contributed by atoms with Crippen LogP contribution in [0.3, 0.4) is 0 Å². The highest BCUT2D eigenvalue weighted by Gasteiger charge is 2.16. The molecule has 30 heavy (non-hydrogen) atoms. The number of aromatic nitrogens is 1. The van der Waals surface area contributed by atoms with Gasteiger partial charge in [0.05, 0.1) is 5.02 Å². The molecule has 0 amide bonds. The highest BCUT2D eigenvalue weighted by molar-refractivity contribution is 6.35. The van der Waals surface area contributed by atoms with Gasteiger partial charge in [0.1, 0.15) is 24.3 Å². The molecule has 0 aliphatic rings. The normalized spacial score (nSPS) is 11.8. The largest absolute Gasteiger partial charge is 0.489 e. The van der Waals surface area contributed by atoms with E-state index in [1.54, 1.807) is 24.4 Å². The minimum Gasteiger partial charge on any atom is -0.489 e. The van der Waals surface area contributed by atoms with Crippen molar-refractivity contribution in [2.24, 2.45) is 0 Å². The number of rotatable bonds is 9. The van der Waals surface area contributed by atoms with Gasteiger partial charge in [0.15, 0.2) is 0 Å². The van der Waals surface area contributed by atoms with Crippen LogP contribution in [-0.4, -0.2) is 43.4 Å². The van der Waals surface area contributed by atoms with E-state index < -0.39 is 6.10 Å². The SMILES string of the molecule is CN(C)c1ccc(CN(CC(O)COc2ccc(Cl)cc2Cl)c2ccccn2)cc1. The number of benzene rings is 2. The molecule has 1 N–H and O–H groups in total. The number of pyridine rings is 1. The van der Waals surface area contributed by atoms with Gasteiger partial charge in [-0.2, -0.15) is 0 Å². The zero-order chi connectivity index (χ0) is 21.5. The summed E-state index contributed by atoms with van der Waals surface area (Å²) < 4.78 is 5.69. The van der Waals surface area contributed by atoms with Crippen LogP contribution < -0.4 is 14.5 Å². The van der Waals surface area contributed by atoms with Gasteiger partial charge in [-0.15, -0.1) is 0 Å². The number of aliphatic hydroxyl groups excluding tert-OH is 1. The molecule has 0 fully saturated rings. The first-order valence-electron chi connectivity index (χ1n) is 9.60. The first kappa shape index (κ1) is 22.2. The fraction of sp³-hybridized carbons (Fsp3) is 0.261. The van der Waals surface area contributed by atoms with Crippen molar-refractivity contribution in [2.75, 3.05) is 37.0 Å². The van der Waals surface area contributed by atoms with E-state index in [0.29, 0.717) is 28.9 Å². The summed E-state index contributed by atoms with van der Waals surface area (Å²) in [5, 5.41) is 11.6. The molecular weight excluding hydrogens is 421 g/mol. The molecule has 158 valence electrons. The van der Waals surface area contributed by atoms with Crippen molar-refractivity contribution in [1.29, 1.82) is 0 Å².